The summed E-state index contributed by atoms with van der Waals surface area (Å²) >= 11 is 0. The van der Waals surface area contributed by atoms with E-state index in [1.807, 2.05) is 14.1 Å². The van der Waals surface area contributed by atoms with E-state index in [0.29, 0.717) is 6.42 Å². The van der Waals surface area contributed by atoms with E-state index >= 15 is 0 Å². The second-order valence-electron chi connectivity index (χ2n) is 8.34. The van der Waals surface area contributed by atoms with E-state index in [1.54, 1.807) is 0 Å². The summed E-state index contributed by atoms with van der Waals surface area (Å²) in [4.78, 5) is 23.1. The Kier molecular flexibility index (Phi) is 25.5. The molecule has 0 fully saturated rings. The number of amides is 1. The number of aliphatic hydroxyl groups excluding tert-OH is 1. The summed E-state index contributed by atoms with van der Waals surface area (Å²) in [5.74, 6) is -0.992. The lowest BCUT2D eigenvalue weighted by atomic mass is 10.1. The maximum absolute atomic E-state index is 11.9. The molecule has 184 valence electrons. The van der Waals surface area contributed by atoms with Gasteiger partial charge in [-0.25, -0.2) is 4.79 Å². The third-order valence-electron chi connectivity index (χ3n) is 5.14. The Labute approximate surface area is 191 Å². The van der Waals surface area contributed by atoms with Gasteiger partial charge in [0, 0.05) is 6.42 Å². The van der Waals surface area contributed by atoms with E-state index in [4.69, 9.17) is 15.0 Å². The minimum Gasteiger partial charge on any atom is -0.480 e. The summed E-state index contributed by atoms with van der Waals surface area (Å²) in [7, 11) is 4.02. The van der Waals surface area contributed by atoms with Gasteiger partial charge in [-0.1, -0.05) is 77.4 Å². The highest BCUT2D eigenvalue weighted by atomic mass is 16.4. The van der Waals surface area contributed by atoms with Crippen LogP contribution in [0.1, 0.15) is 110 Å². The monoisotopic (exact) mass is 442 g/mol. The predicted molar refractivity (Wildman–Crippen MR) is 130 cm³/mol. The number of nitrogens with zero attached hydrogens (tertiary/aromatic N) is 1. The van der Waals surface area contributed by atoms with Gasteiger partial charge >= 0.3 is 5.97 Å². The number of hydrogen-bond acceptors (Lipinski definition) is 4. The fraction of sp³-hybridized carbons (Fsp3) is 0.840. The molecule has 0 radical (unpaired) electrons. The van der Waals surface area contributed by atoms with Gasteiger partial charge in [0.1, 0.15) is 6.61 Å². The van der Waals surface area contributed by atoms with Crippen molar-refractivity contribution in [2.24, 2.45) is 0 Å². The summed E-state index contributed by atoms with van der Waals surface area (Å²) in [5, 5.41) is 18.1. The number of aliphatic carboxylic acids is 1. The first-order valence-electron chi connectivity index (χ1n) is 12.3. The molecule has 0 heterocycles. The molecule has 6 heteroatoms. The molecular weight excluding hydrogens is 392 g/mol. The first kappa shape index (κ1) is 31.8. The molecule has 1 atom stereocenters. The largest absolute Gasteiger partial charge is 0.480 e. The van der Waals surface area contributed by atoms with E-state index in [0.717, 1.165) is 12.8 Å². The van der Waals surface area contributed by atoms with E-state index < -0.39 is 12.6 Å². The van der Waals surface area contributed by atoms with Gasteiger partial charge in [-0.2, -0.15) is 0 Å². The quantitative estimate of drug-likeness (QED) is 0.140. The summed E-state index contributed by atoms with van der Waals surface area (Å²) in [6.07, 6.45) is 23.3. The maximum atomic E-state index is 11.9. The fourth-order valence-corrected chi connectivity index (χ4v) is 3.21. The van der Waals surface area contributed by atoms with Crippen LogP contribution >= 0.6 is 0 Å². The Morgan fingerprint density at radius 1 is 0.839 bits per heavy atom. The van der Waals surface area contributed by atoms with Crippen molar-refractivity contribution in [2.75, 3.05) is 20.7 Å². The third kappa shape index (κ3) is 26.6. The molecule has 0 aromatic carbocycles. The van der Waals surface area contributed by atoms with Gasteiger partial charge in [-0.05, 0) is 52.6 Å². The van der Waals surface area contributed by atoms with Crippen molar-refractivity contribution in [1.82, 2.24) is 10.2 Å². The van der Waals surface area contributed by atoms with E-state index in [1.165, 1.54) is 77.0 Å². The zero-order valence-corrected chi connectivity index (χ0v) is 20.7. The molecule has 0 aliphatic rings. The number of carbonyl (C=O) groups excluding carboxylic acids is 1. The zero-order chi connectivity index (χ0) is 23.7. The minimum atomic E-state index is -1.19. The van der Waals surface area contributed by atoms with Gasteiger partial charge in [-0.15, -0.1) is 0 Å². The number of carbonyl (C=O) groups is 2. The number of carboxylic acids is 1. The molecule has 1 amide bonds. The van der Waals surface area contributed by atoms with Gasteiger partial charge in [0.05, 0.1) is 6.17 Å². The Morgan fingerprint density at radius 2 is 1.29 bits per heavy atom. The normalized spacial score (nSPS) is 11.9. The standard InChI is InChI=1S/C23H46N2O.C2H4O3/c1-5-7-8-9-10-11-12-13-14-15-16-17-18-19-20-21-23(26)24-22(6-2)25(3)4;3-1-2(4)5/h13-14,22H,5-12,15-21H2,1-4H3,(H,24,26);3H,1H2,(H,4,5)/b14-13-;. The zero-order valence-electron chi connectivity index (χ0n) is 20.7. The molecule has 6 nitrogen and oxygen atoms in total. The highest BCUT2D eigenvalue weighted by molar-refractivity contribution is 5.76. The van der Waals surface area contributed by atoms with Gasteiger partial charge in [-0.3, -0.25) is 9.69 Å². The van der Waals surface area contributed by atoms with Crippen LogP contribution in [0.3, 0.4) is 0 Å². The third-order valence-corrected chi connectivity index (χ3v) is 5.14. The van der Waals surface area contributed by atoms with Gasteiger partial charge in [0.15, 0.2) is 0 Å². The molecule has 0 aliphatic heterocycles. The SMILES string of the molecule is CCCCCCCC/C=C\CCCCCCCC(=O)NC(CC)N(C)C.O=C(O)CO. The van der Waals surface area contributed by atoms with Gasteiger partial charge in [0.2, 0.25) is 5.91 Å². The average molecular weight is 443 g/mol. The molecule has 0 saturated carbocycles. The topological polar surface area (TPSA) is 89.9 Å². The first-order chi connectivity index (χ1) is 14.9. The van der Waals surface area contributed by atoms with Crippen molar-refractivity contribution in [3.63, 3.8) is 0 Å². The summed E-state index contributed by atoms with van der Waals surface area (Å²) in [6.45, 7) is 3.60. The van der Waals surface area contributed by atoms with Gasteiger partial charge < -0.3 is 15.5 Å². The number of carboxylic acid groups (broad SMARTS) is 1. The van der Waals surface area contributed by atoms with Crippen LogP contribution < -0.4 is 5.32 Å². The van der Waals surface area contributed by atoms with Crippen LogP contribution in [-0.4, -0.2) is 53.9 Å². The highest BCUT2D eigenvalue weighted by Crippen LogP contribution is 2.10. The molecule has 0 saturated heterocycles. The second-order valence-corrected chi connectivity index (χ2v) is 8.34. The number of aliphatic hydroxyl groups is 1. The van der Waals surface area contributed by atoms with Crippen LogP contribution in [0.25, 0.3) is 0 Å². The van der Waals surface area contributed by atoms with Crippen LogP contribution in [-0.2, 0) is 9.59 Å². The van der Waals surface area contributed by atoms with Gasteiger partial charge in [0.25, 0.3) is 0 Å². The molecule has 0 bridgehead atoms. The van der Waals surface area contributed by atoms with Crippen molar-refractivity contribution < 1.29 is 19.8 Å². The molecule has 0 aromatic rings. The number of hydrogen-bond donors (Lipinski definition) is 3. The van der Waals surface area contributed by atoms with Crippen molar-refractivity contribution in [1.29, 1.82) is 0 Å². The Hall–Kier alpha value is -1.40. The van der Waals surface area contributed by atoms with Crippen LogP contribution in [0.15, 0.2) is 12.2 Å². The Bertz CT molecular complexity index is 439. The summed E-state index contributed by atoms with van der Waals surface area (Å²) in [5.41, 5.74) is 0. The number of rotatable bonds is 19. The number of unbranched alkanes of at least 4 members (excludes halogenated alkanes) is 11. The average Bonchev–Trinajstić information content (AvgIpc) is 2.74. The van der Waals surface area contributed by atoms with E-state index in [-0.39, 0.29) is 12.1 Å². The molecule has 0 spiro atoms. The van der Waals surface area contributed by atoms with Crippen molar-refractivity contribution in [3.8, 4) is 0 Å². The predicted octanol–water partition coefficient (Wildman–Crippen LogP) is 5.50. The minimum absolute atomic E-state index is 0.172. The molecule has 0 rings (SSSR count). The van der Waals surface area contributed by atoms with Crippen LogP contribution in [0, 0.1) is 0 Å². The Balaban J connectivity index is 0. The van der Waals surface area contributed by atoms with Crippen molar-refractivity contribution in [3.05, 3.63) is 12.2 Å². The second kappa shape index (κ2) is 24.9. The molecule has 3 N–H and O–H groups in total. The summed E-state index contributed by atoms with van der Waals surface area (Å²) in [6, 6.07) is 0. The number of nitrogens with one attached hydrogen (secondary N) is 1. The maximum Gasteiger partial charge on any atom is 0.329 e. The van der Waals surface area contributed by atoms with Crippen molar-refractivity contribution >= 4 is 11.9 Å². The smallest absolute Gasteiger partial charge is 0.329 e. The lowest BCUT2D eigenvalue weighted by Gasteiger charge is -2.23. The molecule has 0 aromatic heterocycles. The lowest BCUT2D eigenvalue weighted by molar-refractivity contribution is -0.140. The van der Waals surface area contributed by atoms with Crippen LogP contribution in [0.2, 0.25) is 0 Å². The molecule has 31 heavy (non-hydrogen) atoms. The van der Waals surface area contributed by atoms with Crippen molar-refractivity contribution in [2.45, 2.75) is 116 Å². The highest BCUT2D eigenvalue weighted by Gasteiger charge is 2.11. The fourth-order valence-electron chi connectivity index (χ4n) is 3.21. The Morgan fingerprint density at radius 3 is 1.71 bits per heavy atom. The lowest BCUT2D eigenvalue weighted by Crippen LogP contribution is -2.44. The molecule has 0 aliphatic carbocycles. The van der Waals surface area contributed by atoms with Crippen LogP contribution in [0.4, 0.5) is 0 Å². The molecular formula is C25H50N2O4. The van der Waals surface area contributed by atoms with E-state index in [9.17, 15) is 4.79 Å². The molecule has 1 unspecified atom stereocenters. The summed E-state index contributed by atoms with van der Waals surface area (Å²) < 4.78 is 0. The first-order valence-corrected chi connectivity index (χ1v) is 12.3. The number of allylic oxidation sites excluding steroid dienone is 2. The van der Waals surface area contributed by atoms with Crippen LogP contribution in [0.5, 0.6) is 0 Å². The van der Waals surface area contributed by atoms with E-state index in [2.05, 4.69) is 36.2 Å².